The van der Waals surface area contributed by atoms with Crippen LogP contribution < -0.4 is 10.1 Å². The van der Waals surface area contributed by atoms with Gasteiger partial charge in [0.2, 0.25) is 0 Å². The first-order valence-corrected chi connectivity index (χ1v) is 13.3. The third-order valence-electron chi connectivity index (χ3n) is 7.09. The second-order valence-corrected chi connectivity index (χ2v) is 9.77. The summed E-state index contributed by atoms with van der Waals surface area (Å²) in [4.78, 5) is 26.3. The molecule has 0 saturated carbocycles. The summed E-state index contributed by atoms with van der Waals surface area (Å²) in [5.41, 5.74) is 5.30. The van der Waals surface area contributed by atoms with Crippen LogP contribution in [0.5, 0.6) is 5.75 Å². The average molecular weight is 568 g/mol. The molecule has 0 saturated heterocycles. The molecule has 2 heterocycles. The number of para-hydroxylation sites is 1. The van der Waals surface area contributed by atoms with Crippen LogP contribution in [0.4, 0.5) is 4.39 Å². The lowest BCUT2D eigenvalue weighted by Crippen LogP contribution is -2.32. The summed E-state index contributed by atoms with van der Waals surface area (Å²) >= 11 is 0. The number of nitrogens with zero attached hydrogens (tertiary/aromatic N) is 2. The molecule has 1 aliphatic rings. The molecular weight excluding hydrogens is 537 g/mol. The SMILES string of the molecule is COC(=O)C1=C(C)NC(C)=C(C(=O)OC)C1c1cn(-c2ccccc2)nc1-c1ccc(OCc2ccc(F)cc2)cc1. The van der Waals surface area contributed by atoms with Crippen molar-refractivity contribution < 1.29 is 28.2 Å². The predicted octanol–water partition coefficient (Wildman–Crippen LogP) is 5.84. The smallest absolute Gasteiger partial charge is 0.336 e. The van der Waals surface area contributed by atoms with Crippen molar-refractivity contribution >= 4 is 11.9 Å². The number of carbonyl (C=O) groups is 2. The molecule has 0 atom stereocenters. The summed E-state index contributed by atoms with van der Waals surface area (Å²) in [6.07, 6.45) is 1.83. The van der Waals surface area contributed by atoms with Crippen LogP contribution in [-0.4, -0.2) is 35.9 Å². The van der Waals surface area contributed by atoms with E-state index in [-0.39, 0.29) is 23.6 Å². The van der Waals surface area contributed by atoms with Crippen molar-refractivity contribution in [2.45, 2.75) is 26.4 Å². The number of rotatable bonds is 8. The van der Waals surface area contributed by atoms with Crippen LogP contribution >= 0.6 is 0 Å². The largest absolute Gasteiger partial charge is 0.489 e. The number of methoxy groups -OCH3 is 2. The maximum absolute atomic E-state index is 13.2. The Kier molecular flexibility index (Phi) is 8.19. The van der Waals surface area contributed by atoms with Crippen molar-refractivity contribution in [1.82, 2.24) is 15.1 Å². The Bertz CT molecular complexity index is 1640. The number of carbonyl (C=O) groups excluding carboxylic acids is 2. The molecule has 9 heteroatoms. The van der Waals surface area contributed by atoms with Crippen LogP contribution in [0.15, 0.2) is 108 Å². The summed E-state index contributed by atoms with van der Waals surface area (Å²) in [6.45, 7) is 3.82. The van der Waals surface area contributed by atoms with E-state index in [9.17, 15) is 14.0 Å². The van der Waals surface area contributed by atoms with Gasteiger partial charge in [0.15, 0.2) is 0 Å². The van der Waals surface area contributed by atoms with Crippen LogP contribution in [0.3, 0.4) is 0 Å². The van der Waals surface area contributed by atoms with E-state index in [1.165, 1.54) is 26.4 Å². The number of hydrogen-bond donors (Lipinski definition) is 1. The van der Waals surface area contributed by atoms with Crippen molar-refractivity contribution in [1.29, 1.82) is 0 Å². The van der Waals surface area contributed by atoms with Gasteiger partial charge in [-0.1, -0.05) is 30.3 Å². The Labute approximate surface area is 243 Å². The summed E-state index contributed by atoms with van der Waals surface area (Å²) in [6, 6.07) is 23.1. The highest BCUT2D eigenvalue weighted by atomic mass is 19.1. The molecule has 0 unspecified atom stereocenters. The van der Waals surface area contributed by atoms with Gasteiger partial charge < -0.3 is 19.5 Å². The number of dihydropyridines is 1. The third kappa shape index (κ3) is 5.67. The number of nitrogens with one attached hydrogen (secondary N) is 1. The van der Waals surface area contributed by atoms with Gasteiger partial charge in [0, 0.05) is 28.7 Å². The lowest BCUT2D eigenvalue weighted by Gasteiger charge is -2.29. The van der Waals surface area contributed by atoms with Crippen molar-refractivity contribution in [3.05, 3.63) is 125 Å². The van der Waals surface area contributed by atoms with Gasteiger partial charge in [-0.15, -0.1) is 0 Å². The van der Waals surface area contributed by atoms with Gasteiger partial charge in [-0.05, 0) is 67.9 Å². The van der Waals surface area contributed by atoms with Gasteiger partial charge in [-0.3, -0.25) is 0 Å². The van der Waals surface area contributed by atoms with Crippen LogP contribution in [-0.2, 0) is 25.7 Å². The molecule has 214 valence electrons. The zero-order valence-electron chi connectivity index (χ0n) is 23.7. The second kappa shape index (κ2) is 12.1. The molecule has 1 aromatic heterocycles. The van der Waals surface area contributed by atoms with Gasteiger partial charge in [-0.25, -0.2) is 18.7 Å². The Balaban J connectivity index is 1.61. The van der Waals surface area contributed by atoms with E-state index >= 15 is 0 Å². The molecule has 0 spiro atoms. The number of benzene rings is 3. The summed E-state index contributed by atoms with van der Waals surface area (Å²) in [7, 11) is 2.61. The van der Waals surface area contributed by atoms with E-state index in [2.05, 4.69) is 5.32 Å². The minimum absolute atomic E-state index is 0.279. The maximum atomic E-state index is 13.2. The first-order valence-electron chi connectivity index (χ1n) is 13.3. The molecule has 42 heavy (non-hydrogen) atoms. The van der Waals surface area contributed by atoms with Gasteiger partial charge >= 0.3 is 11.9 Å². The molecule has 1 aliphatic heterocycles. The van der Waals surface area contributed by atoms with E-state index in [1.807, 2.05) is 60.8 Å². The lowest BCUT2D eigenvalue weighted by atomic mass is 9.79. The Hall–Kier alpha value is -5.18. The highest BCUT2D eigenvalue weighted by molar-refractivity contribution is 6.00. The van der Waals surface area contributed by atoms with Gasteiger partial charge in [0.05, 0.1) is 42.7 Å². The first kappa shape index (κ1) is 28.4. The predicted molar refractivity (Wildman–Crippen MR) is 155 cm³/mol. The molecule has 1 N–H and O–H groups in total. The number of aromatic nitrogens is 2. The molecule has 8 nitrogen and oxygen atoms in total. The van der Waals surface area contributed by atoms with Gasteiger partial charge in [-0.2, -0.15) is 5.10 Å². The average Bonchev–Trinajstić information content (AvgIpc) is 3.46. The minimum Gasteiger partial charge on any atom is -0.489 e. The molecule has 4 aromatic rings. The number of hydrogen-bond acceptors (Lipinski definition) is 7. The standard InChI is InChI=1S/C33H30FN3O5/c1-20-28(32(38)40-3)30(29(21(2)35-20)33(39)41-4)27-18-37(25-8-6-5-7-9-25)36-31(27)23-12-16-26(17-13-23)42-19-22-10-14-24(34)15-11-22/h5-18,30,35H,19H2,1-4H3. The second-order valence-electron chi connectivity index (χ2n) is 9.77. The topological polar surface area (TPSA) is 91.7 Å². The summed E-state index contributed by atoms with van der Waals surface area (Å²) in [5.74, 6) is -1.63. The van der Waals surface area contributed by atoms with E-state index in [0.29, 0.717) is 28.4 Å². The zero-order valence-corrected chi connectivity index (χ0v) is 23.7. The zero-order chi connectivity index (χ0) is 29.8. The van der Waals surface area contributed by atoms with Crippen molar-refractivity contribution in [2.24, 2.45) is 0 Å². The fourth-order valence-corrected chi connectivity index (χ4v) is 5.06. The summed E-state index contributed by atoms with van der Waals surface area (Å²) < 4.78 is 31.2. The molecule has 0 aliphatic carbocycles. The fourth-order valence-electron chi connectivity index (χ4n) is 5.06. The van der Waals surface area contributed by atoms with Crippen LogP contribution in [0.2, 0.25) is 0 Å². The summed E-state index contributed by atoms with van der Waals surface area (Å²) in [5, 5.41) is 8.06. The Morgan fingerprint density at radius 3 is 2.02 bits per heavy atom. The monoisotopic (exact) mass is 567 g/mol. The third-order valence-corrected chi connectivity index (χ3v) is 7.09. The molecule has 5 rings (SSSR count). The number of allylic oxidation sites excluding steroid dienone is 2. The molecular formula is C33H30FN3O5. The highest BCUT2D eigenvalue weighted by Crippen LogP contribution is 2.43. The molecule has 0 amide bonds. The van der Waals surface area contributed by atoms with E-state index < -0.39 is 17.9 Å². The van der Waals surface area contributed by atoms with Crippen molar-refractivity contribution in [2.75, 3.05) is 14.2 Å². The van der Waals surface area contributed by atoms with Gasteiger partial charge in [0.25, 0.3) is 0 Å². The van der Waals surface area contributed by atoms with E-state index in [0.717, 1.165) is 16.8 Å². The number of ether oxygens (including phenoxy) is 3. The van der Waals surface area contributed by atoms with Crippen LogP contribution in [0.1, 0.15) is 30.9 Å². The first-order chi connectivity index (χ1) is 20.3. The minimum atomic E-state index is -0.812. The Morgan fingerprint density at radius 1 is 0.857 bits per heavy atom. The number of esters is 2. The Morgan fingerprint density at radius 2 is 1.45 bits per heavy atom. The van der Waals surface area contributed by atoms with Crippen molar-refractivity contribution in [3.8, 4) is 22.7 Å². The van der Waals surface area contributed by atoms with Crippen molar-refractivity contribution in [3.63, 3.8) is 0 Å². The maximum Gasteiger partial charge on any atom is 0.336 e. The fraction of sp³-hybridized carbons (Fsp3) is 0.182. The molecule has 3 aromatic carbocycles. The van der Waals surface area contributed by atoms with Crippen LogP contribution in [0.25, 0.3) is 16.9 Å². The molecule has 0 fully saturated rings. The van der Waals surface area contributed by atoms with Gasteiger partial charge in [0.1, 0.15) is 18.2 Å². The number of halogens is 1. The van der Waals surface area contributed by atoms with Crippen LogP contribution in [0, 0.1) is 5.82 Å². The molecule has 0 radical (unpaired) electrons. The normalized spacial score (nSPS) is 13.5. The van der Waals surface area contributed by atoms with E-state index in [1.54, 1.807) is 30.7 Å². The highest BCUT2D eigenvalue weighted by Gasteiger charge is 2.40. The lowest BCUT2D eigenvalue weighted by molar-refractivity contribution is -0.137. The quantitative estimate of drug-likeness (QED) is 0.268. The van der Waals surface area contributed by atoms with E-state index in [4.69, 9.17) is 19.3 Å². The molecule has 0 bridgehead atoms.